The van der Waals surface area contributed by atoms with Gasteiger partial charge in [-0.2, -0.15) is 0 Å². The number of carbonyl (C=O) groups excluding carboxylic acids is 2. The number of phenols is 1. The lowest BCUT2D eigenvalue weighted by Crippen LogP contribution is -2.49. The van der Waals surface area contributed by atoms with E-state index in [9.17, 15) is 24.6 Å². The third-order valence-corrected chi connectivity index (χ3v) is 12.5. The van der Waals surface area contributed by atoms with Crippen molar-refractivity contribution >= 4 is 22.8 Å². The van der Waals surface area contributed by atoms with Gasteiger partial charge in [-0.05, 0) is 98.8 Å². The van der Waals surface area contributed by atoms with Crippen molar-refractivity contribution in [3.63, 3.8) is 0 Å². The number of phenolic OH excluding ortho intramolecular Hbond substituents is 1. The number of carbonyl (C=O) groups is 2. The number of unbranched alkanes of at least 4 members (excludes halogenated alkanes) is 6. The van der Waals surface area contributed by atoms with Gasteiger partial charge in [0, 0.05) is 30.1 Å². The molecule has 4 atom stereocenters. The standard InChI is InChI=1S/C49H66N4O7/c1-2-35-27-29-53(33-44(56)36-17-10-8-11-18-36)34-45(35)60-49(58)52-47(37-19-12-9-13-20-37)38-21-16-22-39(31-38)59-30-15-7-5-3-4-6-14-28-50-32-43(55)40-23-25-42(54)48-41(40)24-26-46(57)51-48/h8,10-11,16-18,21-26,31,35,37,43,45,47,50,54-55H,2-7,9,12-15,19-20,27-30,32-34H2,1H3,(H,51,57)(H,52,58)/t35?,43-,45-,47?/m0/s1. The number of H-pyrrole nitrogens is 1. The van der Waals surface area contributed by atoms with Crippen LogP contribution in [0.5, 0.6) is 11.5 Å². The molecule has 0 radical (unpaired) electrons. The lowest BCUT2D eigenvalue weighted by atomic mass is 9.81. The topological polar surface area (TPSA) is 153 Å². The quantitative estimate of drug-likeness (QED) is 0.0386. The second-order valence-electron chi connectivity index (χ2n) is 16.8. The summed E-state index contributed by atoms with van der Waals surface area (Å²) in [5.41, 5.74) is 2.48. The molecule has 3 aromatic carbocycles. The van der Waals surface area contributed by atoms with E-state index in [2.05, 4.69) is 39.6 Å². The SMILES string of the molecule is CCC1CCN(CC(=O)c2ccccc2)C[C@@H]1OC(=O)NC(c1cccc(OCCCCCCCCCNC[C@H](O)c2ccc(O)c3[nH]c(=O)ccc23)c1)C1CCCCC1. The van der Waals surface area contributed by atoms with Gasteiger partial charge in [-0.15, -0.1) is 0 Å². The summed E-state index contributed by atoms with van der Waals surface area (Å²) >= 11 is 0. The van der Waals surface area contributed by atoms with Crippen LogP contribution in [0.15, 0.2) is 83.7 Å². The third kappa shape index (κ3) is 13.1. The largest absolute Gasteiger partial charge is 0.506 e. The number of hydrogen-bond acceptors (Lipinski definition) is 9. The van der Waals surface area contributed by atoms with Crippen LogP contribution in [-0.4, -0.2) is 77.4 Å². The number of alkyl carbamates (subject to hydrolysis) is 1. The predicted octanol–water partition coefficient (Wildman–Crippen LogP) is 9.00. The summed E-state index contributed by atoms with van der Waals surface area (Å²) in [6.07, 6.45) is 13.8. The molecule has 2 aliphatic rings. The molecule has 1 amide bonds. The molecule has 1 saturated carbocycles. The summed E-state index contributed by atoms with van der Waals surface area (Å²) in [5.74, 6) is 1.49. The molecule has 6 rings (SSSR count). The third-order valence-electron chi connectivity index (χ3n) is 12.5. The zero-order valence-electron chi connectivity index (χ0n) is 35.4. The van der Waals surface area contributed by atoms with Gasteiger partial charge in [0.1, 0.15) is 17.6 Å². The zero-order chi connectivity index (χ0) is 42.1. The van der Waals surface area contributed by atoms with Gasteiger partial charge < -0.3 is 35.3 Å². The smallest absolute Gasteiger partial charge is 0.407 e. The number of pyridine rings is 1. The predicted molar refractivity (Wildman–Crippen MR) is 237 cm³/mol. The van der Waals surface area contributed by atoms with E-state index in [0.29, 0.717) is 54.2 Å². The van der Waals surface area contributed by atoms with Crippen molar-refractivity contribution in [2.24, 2.45) is 11.8 Å². The first kappa shape index (κ1) is 44.8. The van der Waals surface area contributed by atoms with E-state index in [4.69, 9.17) is 9.47 Å². The Morgan fingerprint density at radius 3 is 2.43 bits per heavy atom. The van der Waals surface area contributed by atoms with Gasteiger partial charge in [-0.3, -0.25) is 14.5 Å². The Hall–Kier alpha value is -4.71. The van der Waals surface area contributed by atoms with E-state index in [1.165, 1.54) is 25.0 Å². The maximum Gasteiger partial charge on any atom is 0.407 e. The molecule has 4 aromatic rings. The van der Waals surface area contributed by atoms with Crippen LogP contribution in [-0.2, 0) is 4.74 Å². The van der Waals surface area contributed by atoms with Crippen molar-refractivity contribution in [2.75, 3.05) is 39.3 Å². The molecule has 1 aliphatic heterocycles. The molecule has 2 fully saturated rings. The molecule has 5 N–H and O–H groups in total. The maximum atomic E-state index is 13.7. The van der Waals surface area contributed by atoms with Crippen LogP contribution in [0.3, 0.4) is 0 Å². The van der Waals surface area contributed by atoms with Gasteiger partial charge in [-0.1, -0.05) is 107 Å². The van der Waals surface area contributed by atoms with E-state index in [-0.39, 0.29) is 41.2 Å². The summed E-state index contributed by atoms with van der Waals surface area (Å²) in [6, 6.07) is 23.7. The fraction of sp³-hybridized carbons (Fsp3) is 0.531. The fourth-order valence-electron chi connectivity index (χ4n) is 9.05. The molecule has 11 nitrogen and oxygen atoms in total. The summed E-state index contributed by atoms with van der Waals surface area (Å²) in [4.78, 5) is 43.1. The van der Waals surface area contributed by atoms with E-state index in [1.807, 2.05) is 42.5 Å². The second-order valence-corrected chi connectivity index (χ2v) is 16.8. The maximum absolute atomic E-state index is 13.7. The number of likely N-dealkylation sites (tertiary alicyclic amines) is 1. The van der Waals surface area contributed by atoms with Gasteiger partial charge in [0.2, 0.25) is 5.56 Å². The minimum absolute atomic E-state index is 0.0118. The van der Waals surface area contributed by atoms with E-state index < -0.39 is 6.10 Å². The molecule has 2 unspecified atom stereocenters. The van der Waals surface area contributed by atoms with Crippen molar-refractivity contribution in [3.05, 3.63) is 106 Å². The lowest BCUT2D eigenvalue weighted by Gasteiger charge is -2.38. The Bertz CT molecular complexity index is 2000. The van der Waals surface area contributed by atoms with Gasteiger partial charge in [0.15, 0.2) is 5.78 Å². The minimum atomic E-state index is -0.749. The number of piperidine rings is 1. The van der Waals surface area contributed by atoms with Crippen LogP contribution < -0.4 is 20.9 Å². The molecule has 0 bridgehead atoms. The number of aliphatic hydroxyl groups is 1. The average Bonchev–Trinajstić information content (AvgIpc) is 3.27. The number of aliphatic hydroxyl groups excluding tert-OH is 1. The minimum Gasteiger partial charge on any atom is -0.506 e. The number of aromatic hydroxyl groups is 1. The Kier molecular flexibility index (Phi) is 17.4. The second kappa shape index (κ2) is 23.3. The normalized spacial score (nSPS) is 18.5. The Morgan fingerprint density at radius 2 is 1.65 bits per heavy atom. The molecule has 2 heterocycles. The number of ether oxygens (including phenoxy) is 2. The molecule has 1 aromatic heterocycles. The number of ketones is 1. The number of rotatable bonds is 22. The number of aromatic amines is 1. The van der Waals surface area contributed by atoms with Crippen molar-refractivity contribution in [2.45, 2.75) is 115 Å². The Labute approximate surface area is 355 Å². The lowest BCUT2D eigenvalue weighted by molar-refractivity contribution is 0.00181. The summed E-state index contributed by atoms with van der Waals surface area (Å²) in [6.45, 7) is 5.70. The van der Waals surface area contributed by atoms with E-state index >= 15 is 0 Å². The van der Waals surface area contributed by atoms with Crippen LogP contribution in [0.25, 0.3) is 10.9 Å². The number of hydrogen-bond donors (Lipinski definition) is 5. The first-order valence-electron chi connectivity index (χ1n) is 22.5. The highest BCUT2D eigenvalue weighted by molar-refractivity contribution is 5.97. The summed E-state index contributed by atoms with van der Waals surface area (Å²) in [7, 11) is 0. The van der Waals surface area contributed by atoms with Gasteiger partial charge in [0.25, 0.3) is 0 Å². The average molecular weight is 823 g/mol. The molecule has 324 valence electrons. The molecular weight excluding hydrogens is 757 g/mol. The molecule has 60 heavy (non-hydrogen) atoms. The highest BCUT2D eigenvalue weighted by atomic mass is 16.6. The number of nitrogens with zero attached hydrogens (tertiary/aromatic N) is 1. The highest BCUT2D eigenvalue weighted by Crippen LogP contribution is 2.36. The van der Waals surface area contributed by atoms with Gasteiger partial charge >= 0.3 is 6.09 Å². The van der Waals surface area contributed by atoms with Crippen molar-refractivity contribution in [3.8, 4) is 11.5 Å². The monoisotopic (exact) mass is 822 g/mol. The number of benzene rings is 3. The first-order valence-corrected chi connectivity index (χ1v) is 22.5. The molecule has 11 heteroatoms. The Balaban J connectivity index is 0.890. The first-order chi connectivity index (χ1) is 29.3. The summed E-state index contributed by atoms with van der Waals surface area (Å²) in [5, 5.41) is 28.1. The van der Waals surface area contributed by atoms with E-state index in [1.54, 1.807) is 12.1 Å². The van der Waals surface area contributed by atoms with Crippen LogP contribution in [0.1, 0.15) is 130 Å². The van der Waals surface area contributed by atoms with Gasteiger partial charge in [0.05, 0.1) is 30.8 Å². The number of amides is 1. The molecular formula is C49H66N4O7. The number of nitrogens with one attached hydrogen (secondary N) is 3. The van der Waals surface area contributed by atoms with Crippen LogP contribution in [0, 0.1) is 11.8 Å². The van der Waals surface area contributed by atoms with Crippen molar-refractivity contribution < 1.29 is 29.3 Å². The van der Waals surface area contributed by atoms with Crippen molar-refractivity contribution in [1.82, 2.24) is 20.5 Å². The molecule has 0 spiro atoms. The molecule has 1 aliphatic carbocycles. The number of Topliss-reactive ketones (excluding diaryl/α,β-unsaturated/α-hetero) is 1. The zero-order valence-corrected chi connectivity index (χ0v) is 35.4. The number of fused-ring (bicyclic) bond motifs is 1. The van der Waals surface area contributed by atoms with Gasteiger partial charge in [-0.25, -0.2) is 4.79 Å². The highest BCUT2D eigenvalue weighted by Gasteiger charge is 2.34. The fourth-order valence-corrected chi connectivity index (χ4v) is 9.05. The van der Waals surface area contributed by atoms with E-state index in [0.717, 1.165) is 101 Å². The van der Waals surface area contributed by atoms with Crippen LogP contribution in [0.2, 0.25) is 0 Å². The van der Waals surface area contributed by atoms with Crippen molar-refractivity contribution in [1.29, 1.82) is 0 Å². The molecule has 1 saturated heterocycles. The number of aromatic nitrogens is 1. The Morgan fingerprint density at radius 1 is 0.883 bits per heavy atom. The summed E-state index contributed by atoms with van der Waals surface area (Å²) < 4.78 is 12.4. The van der Waals surface area contributed by atoms with Crippen LogP contribution >= 0.6 is 0 Å². The van der Waals surface area contributed by atoms with Crippen LogP contribution in [0.4, 0.5) is 4.79 Å².